The second-order valence-electron chi connectivity index (χ2n) is 6.11. The normalized spacial score (nSPS) is 13.1. The molecule has 0 bridgehead atoms. The minimum Gasteiger partial charge on any atom is -0.247 e. The molecule has 23 heavy (non-hydrogen) atoms. The van der Waals surface area contributed by atoms with E-state index in [2.05, 4.69) is 76.6 Å². The number of halogens is 1. The van der Waals surface area contributed by atoms with Crippen molar-refractivity contribution in [1.82, 2.24) is 4.98 Å². The Morgan fingerprint density at radius 1 is 0.826 bits per heavy atom. The molecule has 1 aliphatic rings. The standard InChI is InChI=1S/C21H14BrN/c22-15-6-3-5-14(12-15)21-18-10-9-17(18)20-16-7-2-1-4-13(16)8-11-19(20)23-21/h1-8,11-12H,9-10H2. The van der Waals surface area contributed by atoms with Crippen molar-refractivity contribution in [3.63, 3.8) is 0 Å². The Morgan fingerprint density at radius 2 is 1.70 bits per heavy atom. The van der Waals surface area contributed by atoms with Crippen LogP contribution in [0.1, 0.15) is 11.1 Å². The van der Waals surface area contributed by atoms with Gasteiger partial charge in [0.2, 0.25) is 0 Å². The first-order valence-electron chi connectivity index (χ1n) is 7.90. The molecule has 1 aliphatic carbocycles. The van der Waals surface area contributed by atoms with E-state index in [-0.39, 0.29) is 0 Å². The van der Waals surface area contributed by atoms with Gasteiger partial charge in [-0.1, -0.05) is 58.4 Å². The Hall–Kier alpha value is -2.19. The maximum atomic E-state index is 5.03. The predicted molar refractivity (Wildman–Crippen MR) is 99.8 cm³/mol. The van der Waals surface area contributed by atoms with Crippen molar-refractivity contribution in [2.24, 2.45) is 0 Å². The molecule has 1 heterocycles. The van der Waals surface area contributed by atoms with E-state index >= 15 is 0 Å². The van der Waals surface area contributed by atoms with Crippen LogP contribution in [0, 0.1) is 0 Å². The lowest BCUT2D eigenvalue weighted by atomic mass is 9.81. The van der Waals surface area contributed by atoms with E-state index in [9.17, 15) is 0 Å². The van der Waals surface area contributed by atoms with E-state index in [4.69, 9.17) is 4.98 Å². The summed E-state index contributed by atoms with van der Waals surface area (Å²) in [7, 11) is 0. The molecule has 2 heteroatoms. The summed E-state index contributed by atoms with van der Waals surface area (Å²) in [5.74, 6) is 0. The van der Waals surface area contributed by atoms with Crippen LogP contribution in [0.2, 0.25) is 0 Å². The van der Waals surface area contributed by atoms with E-state index in [0.717, 1.165) is 28.5 Å². The summed E-state index contributed by atoms with van der Waals surface area (Å²) < 4.78 is 1.10. The number of nitrogens with zero attached hydrogens (tertiary/aromatic N) is 1. The number of pyridine rings is 1. The lowest BCUT2D eigenvalue weighted by Crippen LogP contribution is -2.13. The second-order valence-corrected chi connectivity index (χ2v) is 7.02. The molecule has 0 atom stereocenters. The molecule has 0 N–H and O–H groups in total. The third-order valence-electron chi connectivity index (χ3n) is 4.81. The summed E-state index contributed by atoms with van der Waals surface area (Å²) in [6.45, 7) is 0. The number of aryl methyl sites for hydroxylation is 1. The van der Waals surface area contributed by atoms with Crippen LogP contribution >= 0.6 is 15.9 Å². The van der Waals surface area contributed by atoms with Gasteiger partial charge in [-0.2, -0.15) is 0 Å². The van der Waals surface area contributed by atoms with Gasteiger partial charge in [-0.25, -0.2) is 4.98 Å². The molecule has 0 amide bonds. The highest BCUT2D eigenvalue weighted by molar-refractivity contribution is 9.10. The third-order valence-corrected chi connectivity index (χ3v) is 5.31. The lowest BCUT2D eigenvalue weighted by molar-refractivity contribution is 0.847. The minimum atomic E-state index is 1.10. The van der Waals surface area contributed by atoms with Gasteiger partial charge in [0.1, 0.15) is 0 Å². The number of aromatic nitrogens is 1. The molecule has 0 unspecified atom stereocenters. The maximum absolute atomic E-state index is 5.03. The Kier molecular flexibility index (Phi) is 2.83. The highest BCUT2D eigenvalue weighted by atomic mass is 79.9. The van der Waals surface area contributed by atoms with E-state index in [1.54, 1.807) is 0 Å². The number of benzene rings is 3. The molecule has 5 rings (SSSR count). The van der Waals surface area contributed by atoms with Gasteiger partial charge < -0.3 is 0 Å². The minimum absolute atomic E-state index is 1.10. The average Bonchev–Trinajstić information content (AvgIpc) is 2.54. The monoisotopic (exact) mass is 359 g/mol. The molecule has 110 valence electrons. The molecule has 0 spiro atoms. The quantitative estimate of drug-likeness (QED) is 0.384. The molecule has 0 saturated heterocycles. The van der Waals surface area contributed by atoms with Gasteiger partial charge in [0.25, 0.3) is 0 Å². The number of hydrogen-bond donors (Lipinski definition) is 0. The summed E-state index contributed by atoms with van der Waals surface area (Å²) in [5.41, 5.74) is 6.37. The van der Waals surface area contributed by atoms with Crippen molar-refractivity contribution in [1.29, 1.82) is 0 Å². The molecule has 4 aromatic rings. The van der Waals surface area contributed by atoms with Crippen molar-refractivity contribution in [2.75, 3.05) is 0 Å². The fourth-order valence-electron chi connectivity index (χ4n) is 3.65. The van der Waals surface area contributed by atoms with E-state index in [1.807, 2.05) is 0 Å². The van der Waals surface area contributed by atoms with Crippen molar-refractivity contribution in [2.45, 2.75) is 12.8 Å². The van der Waals surface area contributed by atoms with Gasteiger partial charge >= 0.3 is 0 Å². The SMILES string of the molecule is Brc1cccc(-c2nc3ccc4ccccc4c3c3c2CC3)c1. The van der Waals surface area contributed by atoms with Crippen LogP contribution in [0.4, 0.5) is 0 Å². The molecule has 0 saturated carbocycles. The van der Waals surface area contributed by atoms with Gasteiger partial charge in [0.05, 0.1) is 11.2 Å². The lowest BCUT2D eigenvalue weighted by Gasteiger charge is -2.25. The van der Waals surface area contributed by atoms with Crippen LogP contribution < -0.4 is 0 Å². The number of rotatable bonds is 1. The number of hydrogen-bond acceptors (Lipinski definition) is 1. The van der Waals surface area contributed by atoms with E-state index < -0.39 is 0 Å². The summed E-state index contributed by atoms with van der Waals surface area (Å²) in [5, 5.41) is 3.98. The van der Waals surface area contributed by atoms with Gasteiger partial charge in [-0.05, 0) is 52.9 Å². The fourth-order valence-corrected chi connectivity index (χ4v) is 4.04. The summed E-state index contributed by atoms with van der Waals surface area (Å²) >= 11 is 3.58. The highest BCUT2D eigenvalue weighted by Gasteiger charge is 2.23. The van der Waals surface area contributed by atoms with Crippen molar-refractivity contribution in [3.05, 3.63) is 76.3 Å². The molecule has 1 nitrogen and oxygen atoms in total. The molecule has 0 radical (unpaired) electrons. The molecular weight excluding hydrogens is 346 g/mol. The van der Waals surface area contributed by atoms with Crippen LogP contribution in [-0.4, -0.2) is 4.98 Å². The maximum Gasteiger partial charge on any atom is 0.0744 e. The fraction of sp³-hybridized carbons (Fsp3) is 0.0952. The second kappa shape index (κ2) is 4.90. The first-order valence-corrected chi connectivity index (χ1v) is 8.70. The summed E-state index contributed by atoms with van der Waals surface area (Å²) in [6.07, 6.45) is 2.28. The molecule has 0 aliphatic heterocycles. The molecular formula is C21H14BrN. The Labute approximate surface area is 143 Å². The van der Waals surface area contributed by atoms with Crippen molar-refractivity contribution in [3.8, 4) is 11.3 Å². The van der Waals surface area contributed by atoms with Gasteiger partial charge in [-0.3, -0.25) is 0 Å². The van der Waals surface area contributed by atoms with E-state index in [1.165, 1.54) is 32.8 Å². The first kappa shape index (κ1) is 13.3. The molecule has 0 fully saturated rings. The van der Waals surface area contributed by atoms with Gasteiger partial charge in [-0.15, -0.1) is 0 Å². The van der Waals surface area contributed by atoms with Gasteiger partial charge in [0.15, 0.2) is 0 Å². The van der Waals surface area contributed by atoms with Crippen LogP contribution in [0.3, 0.4) is 0 Å². The van der Waals surface area contributed by atoms with Gasteiger partial charge in [0, 0.05) is 15.4 Å². The number of fused-ring (bicyclic) bond motifs is 5. The zero-order valence-corrected chi connectivity index (χ0v) is 14.1. The Bertz CT molecular complexity index is 1080. The van der Waals surface area contributed by atoms with Crippen LogP contribution in [0.25, 0.3) is 32.9 Å². The summed E-state index contributed by atoms with van der Waals surface area (Å²) in [6, 6.07) is 21.4. The van der Waals surface area contributed by atoms with Crippen LogP contribution in [-0.2, 0) is 12.8 Å². The topological polar surface area (TPSA) is 12.9 Å². The Balaban J connectivity index is 1.88. The van der Waals surface area contributed by atoms with Crippen molar-refractivity contribution >= 4 is 37.6 Å². The van der Waals surface area contributed by atoms with Crippen molar-refractivity contribution < 1.29 is 0 Å². The molecule has 3 aromatic carbocycles. The van der Waals surface area contributed by atoms with Crippen LogP contribution in [0.15, 0.2) is 65.1 Å². The largest absolute Gasteiger partial charge is 0.247 e. The summed E-state index contributed by atoms with van der Waals surface area (Å²) in [4.78, 5) is 5.03. The Morgan fingerprint density at radius 3 is 2.52 bits per heavy atom. The predicted octanol–water partition coefficient (Wildman–Crippen LogP) is 5.92. The highest BCUT2D eigenvalue weighted by Crippen LogP contribution is 2.40. The average molecular weight is 360 g/mol. The smallest absolute Gasteiger partial charge is 0.0744 e. The first-order chi connectivity index (χ1) is 11.3. The zero-order valence-electron chi connectivity index (χ0n) is 12.5. The third kappa shape index (κ3) is 1.95. The van der Waals surface area contributed by atoms with E-state index in [0.29, 0.717) is 0 Å². The van der Waals surface area contributed by atoms with Crippen LogP contribution in [0.5, 0.6) is 0 Å². The zero-order chi connectivity index (χ0) is 15.4. The molecule has 1 aromatic heterocycles.